The summed E-state index contributed by atoms with van der Waals surface area (Å²) in [6.45, 7) is 6.19. The number of halogens is 1. The second-order valence-corrected chi connectivity index (χ2v) is 6.84. The molecular weight excluding hydrogens is 314 g/mol. The maximum atomic E-state index is 6.49. The average Bonchev–Trinajstić information content (AvgIpc) is 2.59. The lowest BCUT2D eigenvalue weighted by Gasteiger charge is -2.23. The molecule has 0 bridgehead atoms. The Balaban J connectivity index is 0.00000529. The maximum Gasteiger partial charge on any atom is 0.0326 e. The number of hydrogen-bond acceptors (Lipinski definition) is 1. The number of unbranched alkanes of at least 4 members (excludes halogenated alkanes) is 8. The first-order valence-electron chi connectivity index (χ1n) is 9.71. The summed E-state index contributed by atoms with van der Waals surface area (Å²) >= 11 is 0. The van der Waals surface area contributed by atoms with Gasteiger partial charge in [0.2, 0.25) is 0 Å². The van der Waals surface area contributed by atoms with E-state index < -0.39 is 0 Å². The van der Waals surface area contributed by atoms with Crippen LogP contribution in [0.3, 0.4) is 0 Å². The van der Waals surface area contributed by atoms with Crippen molar-refractivity contribution >= 4 is 12.4 Å². The minimum Gasteiger partial charge on any atom is -0.324 e. The van der Waals surface area contributed by atoms with Crippen LogP contribution in [0.4, 0.5) is 0 Å². The summed E-state index contributed by atoms with van der Waals surface area (Å²) in [7, 11) is 0. The molecule has 0 aliphatic rings. The van der Waals surface area contributed by atoms with Crippen molar-refractivity contribution < 1.29 is 0 Å². The van der Waals surface area contributed by atoms with Crippen LogP contribution in [0.15, 0.2) is 43.0 Å². The molecule has 0 radical (unpaired) electrons. The van der Waals surface area contributed by atoms with Crippen LogP contribution in [0.1, 0.15) is 89.2 Å². The van der Waals surface area contributed by atoms with E-state index in [0.29, 0.717) is 5.92 Å². The molecule has 24 heavy (non-hydrogen) atoms. The first kappa shape index (κ1) is 23.2. The molecule has 0 aliphatic heterocycles. The van der Waals surface area contributed by atoms with Gasteiger partial charge in [-0.05, 0) is 24.3 Å². The summed E-state index contributed by atoms with van der Waals surface area (Å²) in [5, 5.41) is 0. The Morgan fingerprint density at radius 2 is 1.46 bits per heavy atom. The molecule has 2 atom stereocenters. The second-order valence-electron chi connectivity index (χ2n) is 6.84. The van der Waals surface area contributed by atoms with E-state index in [2.05, 4.69) is 43.8 Å². The molecule has 2 unspecified atom stereocenters. The summed E-state index contributed by atoms with van der Waals surface area (Å²) in [6, 6.07) is 10.7. The van der Waals surface area contributed by atoms with Crippen molar-refractivity contribution in [2.75, 3.05) is 0 Å². The van der Waals surface area contributed by atoms with Gasteiger partial charge in [0.05, 0.1) is 0 Å². The van der Waals surface area contributed by atoms with Gasteiger partial charge in [0.1, 0.15) is 0 Å². The molecule has 2 heteroatoms. The highest BCUT2D eigenvalue weighted by Crippen LogP contribution is 2.27. The monoisotopic (exact) mass is 351 g/mol. The van der Waals surface area contributed by atoms with Crippen molar-refractivity contribution in [3.05, 3.63) is 48.6 Å². The first-order chi connectivity index (χ1) is 11.3. The Morgan fingerprint density at radius 1 is 0.917 bits per heavy atom. The van der Waals surface area contributed by atoms with Gasteiger partial charge in [-0.25, -0.2) is 0 Å². The minimum atomic E-state index is 0. The molecule has 0 fully saturated rings. The van der Waals surface area contributed by atoms with Crippen molar-refractivity contribution in [3.63, 3.8) is 0 Å². The molecule has 0 amide bonds. The Hall–Kier alpha value is -0.790. The third-order valence-corrected chi connectivity index (χ3v) is 4.84. The van der Waals surface area contributed by atoms with Crippen molar-refractivity contribution in [3.8, 4) is 0 Å². The highest BCUT2D eigenvalue weighted by molar-refractivity contribution is 5.85. The fraction of sp³-hybridized carbons (Fsp3) is 0.636. The van der Waals surface area contributed by atoms with Crippen LogP contribution in [0.25, 0.3) is 0 Å². The molecule has 1 aromatic rings. The molecule has 138 valence electrons. The van der Waals surface area contributed by atoms with Gasteiger partial charge in [-0.1, -0.05) is 101 Å². The predicted molar refractivity (Wildman–Crippen MR) is 111 cm³/mol. The maximum absolute atomic E-state index is 6.49. The van der Waals surface area contributed by atoms with Crippen LogP contribution >= 0.6 is 12.4 Å². The topological polar surface area (TPSA) is 26.0 Å². The summed E-state index contributed by atoms with van der Waals surface area (Å²) in [6.07, 6.45) is 16.7. The number of allylic oxidation sites excluding steroid dienone is 1. The Bertz CT molecular complexity index is 390. The van der Waals surface area contributed by atoms with Crippen LogP contribution < -0.4 is 5.73 Å². The number of benzene rings is 1. The fourth-order valence-electron chi connectivity index (χ4n) is 3.32. The first-order valence-corrected chi connectivity index (χ1v) is 9.71. The summed E-state index contributed by atoms with van der Waals surface area (Å²) in [5.41, 5.74) is 7.75. The van der Waals surface area contributed by atoms with Crippen LogP contribution in [0.5, 0.6) is 0 Å². The standard InChI is InChI=1S/C22H37N.ClH/c1-3-5-6-7-8-9-10-11-13-17-20(16-4-2)22(23)21-18-14-12-15-19-21;/h4,12,14-15,18-20,22H,2-3,5-11,13,16-17,23H2,1H3;1H. The minimum absolute atomic E-state index is 0. The zero-order valence-corrected chi connectivity index (χ0v) is 16.4. The van der Waals surface area contributed by atoms with Gasteiger partial charge < -0.3 is 5.73 Å². The number of rotatable bonds is 14. The predicted octanol–water partition coefficient (Wildman–Crippen LogP) is 7.22. The van der Waals surface area contributed by atoms with Crippen molar-refractivity contribution in [2.24, 2.45) is 11.7 Å². The molecule has 0 saturated heterocycles. The van der Waals surface area contributed by atoms with E-state index >= 15 is 0 Å². The average molecular weight is 352 g/mol. The largest absolute Gasteiger partial charge is 0.324 e. The Morgan fingerprint density at radius 3 is 2.00 bits per heavy atom. The van der Waals surface area contributed by atoms with E-state index in [9.17, 15) is 0 Å². The van der Waals surface area contributed by atoms with E-state index in [1.54, 1.807) is 0 Å². The van der Waals surface area contributed by atoms with E-state index in [1.807, 2.05) is 6.08 Å². The summed E-state index contributed by atoms with van der Waals surface area (Å²) in [4.78, 5) is 0. The molecule has 1 aromatic carbocycles. The second kappa shape index (κ2) is 15.7. The zero-order valence-electron chi connectivity index (χ0n) is 15.6. The molecule has 0 aliphatic carbocycles. The van der Waals surface area contributed by atoms with Crippen molar-refractivity contribution in [2.45, 2.75) is 83.6 Å². The van der Waals surface area contributed by atoms with Gasteiger partial charge in [-0.15, -0.1) is 19.0 Å². The van der Waals surface area contributed by atoms with Crippen LogP contribution in [0, 0.1) is 5.92 Å². The molecule has 2 N–H and O–H groups in total. The highest BCUT2D eigenvalue weighted by atomic mass is 35.5. The van der Waals surface area contributed by atoms with Gasteiger partial charge in [0.25, 0.3) is 0 Å². The van der Waals surface area contributed by atoms with Gasteiger partial charge >= 0.3 is 0 Å². The van der Waals surface area contributed by atoms with Crippen molar-refractivity contribution in [1.29, 1.82) is 0 Å². The van der Waals surface area contributed by atoms with E-state index in [0.717, 1.165) is 6.42 Å². The highest BCUT2D eigenvalue weighted by Gasteiger charge is 2.17. The molecule has 0 saturated carbocycles. The SMILES string of the molecule is C=CCC(CCCCCCCCCCC)C(N)c1ccccc1.Cl. The normalized spacial score (nSPS) is 13.1. The number of hydrogen-bond donors (Lipinski definition) is 1. The molecule has 0 spiro atoms. The lowest BCUT2D eigenvalue weighted by atomic mass is 9.86. The third kappa shape index (κ3) is 10.2. The van der Waals surface area contributed by atoms with Gasteiger partial charge in [0.15, 0.2) is 0 Å². The Kier molecular flexibility index (Phi) is 15.2. The zero-order chi connectivity index (χ0) is 16.8. The van der Waals surface area contributed by atoms with Crippen LogP contribution in [-0.4, -0.2) is 0 Å². The van der Waals surface area contributed by atoms with Crippen LogP contribution in [0.2, 0.25) is 0 Å². The molecule has 1 nitrogen and oxygen atoms in total. The lowest BCUT2D eigenvalue weighted by Crippen LogP contribution is -2.21. The molecule has 1 rings (SSSR count). The molecular formula is C22H38ClN. The fourth-order valence-corrected chi connectivity index (χ4v) is 3.32. The quantitative estimate of drug-likeness (QED) is 0.278. The smallest absolute Gasteiger partial charge is 0.0326 e. The molecule has 0 heterocycles. The van der Waals surface area contributed by atoms with Crippen LogP contribution in [-0.2, 0) is 0 Å². The van der Waals surface area contributed by atoms with Gasteiger partial charge in [-0.3, -0.25) is 0 Å². The van der Waals surface area contributed by atoms with Crippen molar-refractivity contribution in [1.82, 2.24) is 0 Å². The van der Waals surface area contributed by atoms with Gasteiger partial charge in [-0.2, -0.15) is 0 Å². The van der Waals surface area contributed by atoms with E-state index in [1.165, 1.54) is 69.8 Å². The third-order valence-electron chi connectivity index (χ3n) is 4.84. The molecule has 0 aromatic heterocycles. The van der Waals surface area contributed by atoms with Gasteiger partial charge in [0, 0.05) is 6.04 Å². The lowest BCUT2D eigenvalue weighted by molar-refractivity contribution is 0.385. The summed E-state index contributed by atoms with van der Waals surface area (Å²) in [5.74, 6) is 0.527. The van der Waals surface area contributed by atoms with E-state index in [-0.39, 0.29) is 18.4 Å². The van der Waals surface area contributed by atoms with E-state index in [4.69, 9.17) is 5.73 Å². The number of nitrogens with two attached hydrogens (primary N) is 1. The summed E-state index contributed by atoms with van der Waals surface area (Å²) < 4.78 is 0. The Labute approximate surface area is 156 Å².